The Balaban J connectivity index is 2.88. The molecule has 0 fully saturated rings. The van der Waals surface area contributed by atoms with Gasteiger partial charge in [0.1, 0.15) is 0 Å². The molecule has 0 aliphatic heterocycles. The zero-order valence-corrected chi connectivity index (χ0v) is 12.2. The summed E-state index contributed by atoms with van der Waals surface area (Å²) in [6, 6.07) is 2.86. The van der Waals surface area contributed by atoms with Crippen molar-refractivity contribution in [1.82, 2.24) is 5.32 Å². The predicted molar refractivity (Wildman–Crippen MR) is 72.4 cm³/mol. The number of halogens is 4. The Kier molecular flexibility index (Phi) is 5.67. The van der Waals surface area contributed by atoms with Gasteiger partial charge in [-0.1, -0.05) is 18.5 Å². The zero-order valence-electron chi connectivity index (χ0n) is 10.6. The van der Waals surface area contributed by atoms with Crippen LogP contribution in [0.1, 0.15) is 12.5 Å². The Labute approximate surface area is 120 Å². The molecule has 114 valence electrons. The van der Waals surface area contributed by atoms with Crippen molar-refractivity contribution in [2.24, 2.45) is 0 Å². The van der Waals surface area contributed by atoms with Crippen LogP contribution in [-0.4, -0.2) is 27.3 Å². The Hall–Kier alpha value is -0.990. The van der Waals surface area contributed by atoms with Crippen molar-refractivity contribution in [2.75, 3.05) is 23.6 Å². The van der Waals surface area contributed by atoms with Crippen LogP contribution >= 0.6 is 11.6 Å². The Morgan fingerprint density at radius 1 is 1.30 bits per heavy atom. The van der Waals surface area contributed by atoms with E-state index in [-0.39, 0.29) is 18.0 Å². The lowest BCUT2D eigenvalue weighted by Gasteiger charge is -2.12. The molecule has 1 aromatic carbocycles. The van der Waals surface area contributed by atoms with Crippen LogP contribution in [0.3, 0.4) is 0 Å². The Bertz CT molecular complexity index is 561. The van der Waals surface area contributed by atoms with E-state index in [1.165, 1.54) is 6.07 Å². The Morgan fingerprint density at radius 2 is 1.95 bits per heavy atom. The molecule has 0 aromatic heterocycles. The molecule has 4 nitrogen and oxygen atoms in total. The van der Waals surface area contributed by atoms with E-state index in [9.17, 15) is 21.6 Å². The second-order valence-electron chi connectivity index (χ2n) is 3.97. The average molecular weight is 331 g/mol. The highest BCUT2D eigenvalue weighted by Crippen LogP contribution is 2.36. The van der Waals surface area contributed by atoms with Gasteiger partial charge in [0.25, 0.3) is 0 Å². The number of nitrogens with one attached hydrogen (secondary N) is 2. The minimum atomic E-state index is -4.64. The normalized spacial score (nSPS) is 12.4. The molecule has 2 N–H and O–H groups in total. The van der Waals surface area contributed by atoms with Gasteiger partial charge in [0, 0.05) is 12.2 Å². The molecule has 0 atom stereocenters. The molecule has 20 heavy (non-hydrogen) atoms. The number of alkyl halides is 3. The lowest BCUT2D eigenvalue weighted by molar-refractivity contribution is -0.137. The van der Waals surface area contributed by atoms with E-state index in [1.54, 1.807) is 0 Å². The van der Waals surface area contributed by atoms with Crippen molar-refractivity contribution < 1.29 is 21.6 Å². The highest BCUT2D eigenvalue weighted by molar-refractivity contribution is 7.92. The van der Waals surface area contributed by atoms with E-state index in [2.05, 4.69) is 10.0 Å². The smallest absolute Gasteiger partial charge is 0.316 e. The molecular weight excluding hydrogens is 317 g/mol. The van der Waals surface area contributed by atoms with Gasteiger partial charge in [-0.05, 0) is 24.7 Å². The second kappa shape index (κ2) is 6.64. The number of hydrogen-bond donors (Lipinski definition) is 2. The first-order valence-corrected chi connectivity index (χ1v) is 7.76. The van der Waals surface area contributed by atoms with Gasteiger partial charge in [0.2, 0.25) is 10.0 Å². The van der Waals surface area contributed by atoms with E-state index in [0.29, 0.717) is 12.6 Å². The fourth-order valence-electron chi connectivity index (χ4n) is 1.42. The molecule has 0 saturated heterocycles. The van der Waals surface area contributed by atoms with Gasteiger partial charge < -0.3 is 5.32 Å². The van der Waals surface area contributed by atoms with Crippen molar-refractivity contribution in [2.45, 2.75) is 13.1 Å². The zero-order chi connectivity index (χ0) is 15.4. The third-order valence-corrected chi connectivity index (χ3v) is 3.96. The van der Waals surface area contributed by atoms with Crippen LogP contribution in [0.2, 0.25) is 5.02 Å². The summed E-state index contributed by atoms with van der Waals surface area (Å²) in [6.45, 7) is 2.63. The topological polar surface area (TPSA) is 58.2 Å². The lowest BCUT2D eigenvalue weighted by atomic mass is 10.2. The van der Waals surface area contributed by atoms with Crippen LogP contribution in [0.5, 0.6) is 0 Å². The van der Waals surface area contributed by atoms with Gasteiger partial charge >= 0.3 is 6.18 Å². The molecule has 0 radical (unpaired) electrons. The minimum absolute atomic E-state index is 0.168. The third-order valence-electron chi connectivity index (χ3n) is 2.34. The predicted octanol–water partition coefficient (Wildman–Crippen LogP) is 2.71. The van der Waals surface area contributed by atoms with E-state index in [0.717, 1.165) is 6.07 Å². The third kappa shape index (κ3) is 5.18. The van der Waals surface area contributed by atoms with E-state index < -0.39 is 26.8 Å². The van der Waals surface area contributed by atoms with Crippen molar-refractivity contribution in [3.8, 4) is 0 Å². The number of sulfonamides is 1. The minimum Gasteiger partial charge on any atom is -0.316 e. The van der Waals surface area contributed by atoms with Gasteiger partial charge in [-0.2, -0.15) is 13.2 Å². The van der Waals surface area contributed by atoms with Gasteiger partial charge in [-0.25, -0.2) is 8.42 Å². The summed E-state index contributed by atoms with van der Waals surface area (Å²) in [5, 5.41) is 2.34. The van der Waals surface area contributed by atoms with Crippen LogP contribution in [0.4, 0.5) is 18.9 Å². The summed E-state index contributed by atoms with van der Waals surface area (Å²) in [6.07, 6.45) is -4.64. The molecule has 0 heterocycles. The van der Waals surface area contributed by atoms with Gasteiger partial charge in [-0.15, -0.1) is 0 Å². The fraction of sp³-hybridized carbons (Fsp3) is 0.455. The second-order valence-corrected chi connectivity index (χ2v) is 6.22. The summed E-state index contributed by atoms with van der Waals surface area (Å²) in [7, 11) is -3.70. The average Bonchev–Trinajstić information content (AvgIpc) is 2.30. The van der Waals surface area contributed by atoms with Gasteiger partial charge in [0.05, 0.1) is 16.3 Å². The first-order chi connectivity index (χ1) is 9.15. The monoisotopic (exact) mass is 330 g/mol. The summed E-state index contributed by atoms with van der Waals surface area (Å²) >= 11 is 5.45. The summed E-state index contributed by atoms with van der Waals surface area (Å²) in [5.41, 5.74) is -1.25. The van der Waals surface area contributed by atoms with Gasteiger partial charge in [-0.3, -0.25) is 4.72 Å². The molecule has 0 bridgehead atoms. The summed E-state index contributed by atoms with van der Waals surface area (Å²) in [5.74, 6) is -0.231. The van der Waals surface area contributed by atoms with E-state index in [4.69, 9.17) is 11.6 Å². The number of benzene rings is 1. The number of anilines is 1. The first-order valence-electron chi connectivity index (χ1n) is 5.73. The molecule has 1 aromatic rings. The maximum Gasteiger partial charge on any atom is 0.417 e. The van der Waals surface area contributed by atoms with Crippen LogP contribution in [0.15, 0.2) is 18.2 Å². The summed E-state index contributed by atoms with van der Waals surface area (Å²) in [4.78, 5) is 0. The quantitative estimate of drug-likeness (QED) is 0.788. The van der Waals surface area contributed by atoms with Crippen LogP contribution in [0, 0.1) is 0 Å². The number of rotatable bonds is 6. The first kappa shape index (κ1) is 17.1. The van der Waals surface area contributed by atoms with Crippen molar-refractivity contribution in [3.63, 3.8) is 0 Å². The number of hydrogen-bond acceptors (Lipinski definition) is 3. The van der Waals surface area contributed by atoms with Crippen LogP contribution in [-0.2, 0) is 16.2 Å². The van der Waals surface area contributed by atoms with Crippen LogP contribution in [0.25, 0.3) is 0 Å². The molecule has 0 amide bonds. The Morgan fingerprint density at radius 3 is 2.50 bits per heavy atom. The van der Waals surface area contributed by atoms with Crippen molar-refractivity contribution in [3.05, 3.63) is 28.8 Å². The maximum absolute atomic E-state index is 12.6. The molecule has 9 heteroatoms. The van der Waals surface area contributed by atoms with E-state index >= 15 is 0 Å². The molecule has 0 saturated carbocycles. The SMILES string of the molecule is CCNCCS(=O)(=O)Nc1ccc(Cl)c(C(F)(F)F)c1. The van der Waals surface area contributed by atoms with Crippen LogP contribution < -0.4 is 10.0 Å². The van der Waals surface area contributed by atoms with Crippen molar-refractivity contribution >= 4 is 27.3 Å². The van der Waals surface area contributed by atoms with Gasteiger partial charge in [0.15, 0.2) is 0 Å². The van der Waals surface area contributed by atoms with Crippen molar-refractivity contribution in [1.29, 1.82) is 0 Å². The molecule has 0 unspecified atom stereocenters. The summed E-state index contributed by atoms with van der Waals surface area (Å²) < 4.78 is 63.3. The maximum atomic E-state index is 12.6. The fourth-order valence-corrected chi connectivity index (χ4v) is 2.65. The molecule has 0 aliphatic rings. The molecule has 1 rings (SSSR count). The molecule has 0 spiro atoms. The molecular formula is C11H14ClF3N2O2S. The highest BCUT2D eigenvalue weighted by atomic mass is 35.5. The van der Waals surface area contributed by atoms with E-state index in [1.807, 2.05) is 6.92 Å². The largest absolute Gasteiger partial charge is 0.417 e. The lowest BCUT2D eigenvalue weighted by Crippen LogP contribution is -2.26. The standard InChI is InChI=1S/C11H14ClF3N2O2S/c1-2-16-5-6-20(18,19)17-8-3-4-10(12)9(7-8)11(13,14)15/h3-4,7,16-17H,2,5-6H2,1H3. The highest BCUT2D eigenvalue weighted by Gasteiger charge is 2.33. The molecule has 0 aliphatic carbocycles.